The molecule has 1 aromatic carbocycles. The molecular weight excluding hydrogens is 310 g/mol. The molecule has 0 saturated carbocycles. The van der Waals surface area contributed by atoms with E-state index in [9.17, 15) is 0 Å². The Morgan fingerprint density at radius 1 is 1.17 bits per heavy atom. The average Bonchev–Trinajstić information content (AvgIpc) is 2.34. The van der Waals surface area contributed by atoms with Gasteiger partial charge in [0.05, 0.1) is 7.11 Å². The molecule has 0 N–H and O–H groups in total. The van der Waals surface area contributed by atoms with Crippen molar-refractivity contribution in [2.24, 2.45) is 0 Å². The highest BCUT2D eigenvalue weighted by atomic mass is 79.9. The Labute approximate surface area is 124 Å². The summed E-state index contributed by atoms with van der Waals surface area (Å²) in [7, 11) is 3.86. The minimum absolute atomic E-state index is 0.865. The van der Waals surface area contributed by atoms with E-state index < -0.39 is 0 Å². The Hall–Kier alpha value is -0.190. The van der Waals surface area contributed by atoms with Gasteiger partial charge in [0.25, 0.3) is 0 Å². The molecule has 2 nitrogen and oxygen atoms in total. The lowest BCUT2D eigenvalue weighted by molar-refractivity contribution is 0.333. The van der Waals surface area contributed by atoms with Gasteiger partial charge in [-0.25, -0.2) is 0 Å². The third-order valence-corrected chi connectivity index (χ3v) is 4.79. The van der Waals surface area contributed by atoms with Crippen LogP contribution in [0.5, 0.6) is 5.75 Å². The lowest BCUT2D eigenvalue weighted by Gasteiger charge is -2.23. The van der Waals surface area contributed by atoms with Crippen LogP contribution in [0.4, 0.5) is 0 Å². The lowest BCUT2D eigenvalue weighted by Crippen LogP contribution is -2.21. The van der Waals surface area contributed by atoms with Gasteiger partial charge in [0.15, 0.2) is 0 Å². The van der Waals surface area contributed by atoms with Crippen LogP contribution in [0.2, 0.25) is 0 Å². The molecule has 0 spiro atoms. The average molecular weight is 332 g/mol. The highest BCUT2D eigenvalue weighted by molar-refractivity contribution is 9.10. The van der Waals surface area contributed by atoms with Crippen LogP contribution in [-0.4, -0.2) is 31.4 Å². The molecule has 0 fully saturated rings. The third-order valence-electron chi connectivity index (χ3n) is 3.40. The number of methoxy groups -OCH3 is 1. The summed E-state index contributed by atoms with van der Waals surface area (Å²) in [6.07, 6.45) is 0. The number of halogens is 1. The van der Waals surface area contributed by atoms with Crippen LogP contribution in [0.15, 0.2) is 4.47 Å². The molecule has 0 aliphatic rings. The topological polar surface area (TPSA) is 12.5 Å². The van der Waals surface area contributed by atoms with E-state index in [0.717, 1.165) is 24.6 Å². The maximum atomic E-state index is 5.61. The molecule has 0 unspecified atom stereocenters. The zero-order valence-corrected chi connectivity index (χ0v) is 14.3. The first-order valence-corrected chi connectivity index (χ1v) is 7.48. The van der Waals surface area contributed by atoms with Gasteiger partial charge in [0, 0.05) is 28.9 Å². The van der Waals surface area contributed by atoms with Crippen molar-refractivity contribution in [3.05, 3.63) is 26.7 Å². The Morgan fingerprint density at radius 2 is 1.78 bits per heavy atom. The minimum atomic E-state index is 0.865. The predicted molar refractivity (Wildman–Crippen MR) is 85.1 cm³/mol. The normalized spacial score (nSPS) is 11.1. The summed E-state index contributed by atoms with van der Waals surface area (Å²) in [6.45, 7) is 8.23. The van der Waals surface area contributed by atoms with Crippen molar-refractivity contribution in [3.63, 3.8) is 0 Å². The van der Waals surface area contributed by atoms with Gasteiger partial charge >= 0.3 is 0 Å². The van der Waals surface area contributed by atoms with Crippen LogP contribution >= 0.6 is 28.6 Å². The molecule has 1 rings (SSSR count). The number of rotatable bonds is 5. The maximum absolute atomic E-state index is 5.61. The SMILES string of the molecule is COc1c(C)c(C)c(Br)c(C)c1CN(C)CCS. The fourth-order valence-corrected chi connectivity index (χ4v) is 3.01. The fourth-order valence-electron chi connectivity index (χ4n) is 2.13. The van der Waals surface area contributed by atoms with Crippen LogP contribution < -0.4 is 4.74 Å². The van der Waals surface area contributed by atoms with E-state index in [1.165, 1.54) is 26.7 Å². The number of benzene rings is 1. The molecule has 0 radical (unpaired) electrons. The Bertz CT molecular complexity index is 435. The van der Waals surface area contributed by atoms with Gasteiger partial charge in [0.2, 0.25) is 0 Å². The van der Waals surface area contributed by atoms with Gasteiger partial charge in [-0.05, 0) is 44.5 Å². The van der Waals surface area contributed by atoms with Gasteiger partial charge in [0.1, 0.15) is 5.75 Å². The molecule has 0 bridgehead atoms. The standard InChI is InChI=1S/C14H22BrNOS/c1-9-10(2)14(17-5)12(11(3)13(9)15)8-16(4)6-7-18/h18H,6-8H2,1-5H3. The van der Waals surface area contributed by atoms with E-state index in [4.69, 9.17) is 4.74 Å². The van der Waals surface area contributed by atoms with E-state index in [2.05, 4.69) is 61.3 Å². The Kier molecular flexibility index (Phi) is 6.02. The highest BCUT2D eigenvalue weighted by Crippen LogP contribution is 2.36. The summed E-state index contributed by atoms with van der Waals surface area (Å²) in [5, 5.41) is 0. The zero-order valence-electron chi connectivity index (χ0n) is 11.8. The largest absolute Gasteiger partial charge is 0.496 e. The Morgan fingerprint density at radius 3 is 2.28 bits per heavy atom. The molecular formula is C14H22BrNOS. The number of thiol groups is 1. The summed E-state index contributed by atoms with van der Waals surface area (Å²) >= 11 is 7.96. The number of nitrogens with zero attached hydrogens (tertiary/aromatic N) is 1. The molecule has 0 aliphatic carbocycles. The van der Waals surface area contributed by atoms with Gasteiger partial charge in [-0.15, -0.1) is 0 Å². The number of hydrogen-bond acceptors (Lipinski definition) is 3. The molecule has 1 aromatic rings. The Balaban J connectivity index is 3.24. The monoisotopic (exact) mass is 331 g/mol. The van der Waals surface area contributed by atoms with Gasteiger partial charge in [-0.3, -0.25) is 0 Å². The molecule has 18 heavy (non-hydrogen) atoms. The lowest BCUT2D eigenvalue weighted by atomic mass is 9.98. The molecule has 0 atom stereocenters. The van der Waals surface area contributed by atoms with Crippen molar-refractivity contribution in [1.82, 2.24) is 4.90 Å². The summed E-state index contributed by atoms with van der Waals surface area (Å²) in [5.74, 6) is 1.88. The van der Waals surface area contributed by atoms with E-state index in [1.807, 2.05) is 0 Å². The van der Waals surface area contributed by atoms with Crippen LogP contribution in [0.25, 0.3) is 0 Å². The van der Waals surface area contributed by atoms with Crippen molar-refractivity contribution >= 4 is 28.6 Å². The van der Waals surface area contributed by atoms with E-state index >= 15 is 0 Å². The molecule has 4 heteroatoms. The summed E-state index contributed by atoms with van der Waals surface area (Å²) in [5.41, 5.74) is 4.99. The molecule has 102 valence electrons. The first-order valence-electron chi connectivity index (χ1n) is 6.05. The molecule has 0 heterocycles. The first-order chi connectivity index (χ1) is 8.43. The van der Waals surface area contributed by atoms with E-state index in [1.54, 1.807) is 7.11 Å². The van der Waals surface area contributed by atoms with Crippen molar-refractivity contribution in [2.45, 2.75) is 27.3 Å². The predicted octanol–water partition coefficient (Wildman–Crippen LogP) is 3.74. The maximum Gasteiger partial charge on any atom is 0.126 e. The van der Waals surface area contributed by atoms with E-state index in [0.29, 0.717) is 0 Å². The zero-order chi connectivity index (χ0) is 13.9. The van der Waals surface area contributed by atoms with Crippen molar-refractivity contribution in [2.75, 3.05) is 26.5 Å². The second-order valence-corrected chi connectivity index (χ2v) is 5.90. The second-order valence-electron chi connectivity index (χ2n) is 4.66. The summed E-state index contributed by atoms with van der Waals surface area (Å²) < 4.78 is 6.80. The van der Waals surface area contributed by atoms with E-state index in [-0.39, 0.29) is 0 Å². The molecule has 0 saturated heterocycles. The fraction of sp³-hybridized carbons (Fsp3) is 0.571. The van der Waals surface area contributed by atoms with Crippen LogP contribution in [0.1, 0.15) is 22.3 Å². The second kappa shape index (κ2) is 6.83. The number of ether oxygens (including phenoxy) is 1. The smallest absolute Gasteiger partial charge is 0.126 e. The van der Waals surface area contributed by atoms with Gasteiger partial charge in [-0.2, -0.15) is 12.6 Å². The van der Waals surface area contributed by atoms with Gasteiger partial charge in [-0.1, -0.05) is 15.9 Å². The first kappa shape index (κ1) is 15.9. The summed E-state index contributed by atoms with van der Waals surface area (Å²) in [6, 6.07) is 0. The summed E-state index contributed by atoms with van der Waals surface area (Å²) in [4.78, 5) is 2.26. The van der Waals surface area contributed by atoms with Crippen molar-refractivity contribution in [3.8, 4) is 5.75 Å². The quantitative estimate of drug-likeness (QED) is 0.825. The minimum Gasteiger partial charge on any atom is -0.496 e. The van der Waals surface area contributed by atoms with Crippen LogP contribution in [0, 0.1) is 20.8 Å². The van der Waals surface area contributed by atoms with Crippen molar-refractivity contribution < 1.29 is 4.74 Å². The van der Waals surface area contributed by atoms with Gasteiger partial charge < -0.3 is 9.64 Å². The van der Waals surface area contributed by atoms with Crippen LogP contribution in [-0.2, 0) is 6.54 Å². The number of hydrogen-bond donors (Lipinski definition) is 1. The molecule has 0 aliphatic heterocycles. The third kappa shape index (κ3) is 3.22. The van der Waals surface area contributed by atoms with Crippen molar-refractivity contribution in [1.29, 1.82) is 0 Å². The highest BCUT2D eigenvalue weighted by Gasteiger charge is 2.17. The molecule has 0 aromatic heterocycles. The van der Waals surface area contributed by atoms with Crippen LogP contribution in [0.3, 0.4) is 0 Å². The molecule has 0 amide bonds.